The lowest BCUT2D eigenvalue weighted by atomic mass is 10.1. The number of nitrogens with zero attached hydrogens (tertiary/aromatic N) is 2. The first-order valence-corrected chi connectivity index (χ1v) is 8.94. The van der Waals surface area contributed by atoms with Gasteiger partial charge in [0, 0.05) is 29.9 Å². The summed E-state index contributed by atoms with van der Waals surface area (Å²) >= 11 is 0. The predicted molar refractivity (Wildman–Crippen MR) is 109 cm³/mol. The first-order chi connectivity index (χ1) is 13.6. The number of hydrogen-bond acceptors (Lipinski definition) is 5. The molecule has 0 fully saturated rings. The highest BCUT2D eigenvalue weighted by Gasteiger charge is 2.13. The van der Waals surface area contributed by atoms with Crippen LogP contribution in [0.3, 0.4) is 0 Å². The summed E-state index contributed by atoms with van der Waals surface area (Å²) in [5, 5.41) is 8.93. The summed E-state index contributed by atoms with van der Waals surface area (Å²) in [4.78, 5) is 14.4. The van der Waals surface area contributed by atoms with Crippen LogP contribution in [-0.2, 0) is 4.79 Å². The average Bonchev–Trinajstić information content (AvgIpc) is 2.73. The molecule has 0 aliphatic carbocycles. The van der Waals surface area contributed by atoms with E-state index in [9.17, 15) is 4.79 Å². The maximum Gasteiger partial charge on any atom is 0.251 e. The molecule has 0 saturated heterocycles. The van der Waals surface area contributed by atoms with Crippen molar-refractivity contribution in [3.05, 3.63) is 54.1 Å². The van der Waals surface area contributed by atoms with E-state index >= 15 is 0 Å². The third-order valence-corrected chi connectivity index (χ3v) is 4.02. The van der Waals surface area contributed by atoms with Crippen LogP contribution in [0.5, 0.6) is 17.2 Å². The maximum atomic E-state index is 12.8. The Morgan fingerprint density at radius 1 is 1.11 bits per heavy atom. The molecule has 2 rings (SSSR count). The molecule has 0 heterocycles. The molecule has 0 aromatic heterocycles. The van der Waals surface area contributed by atoms with E-state index in [0.717, 1.165) is 11.3 Å². The molecule has 6 nitrogen and oxygen atoms in total. The standard InChI is InChI=1S/C22H24N2O4/c1-4-28-19-11-8-18(9-12-19)24(15-5-14-23)22(25)13-7-17-6-10-20(26-2)16-21(17)27-3/h6-13,16H,4-5,15H2,1-3H3/b13-7+. The van der Waals surface area contributed by atoms with Crippen LogP contribution in [0.4, 0.5) is 5.69 Å². The van der Waals surface area contributed by atoms with Gasteiger partial charge in [-0.2, -0.15) is 5.26 Å². The minimum absolute atomic E-state index is 0.225. The lowest BCUT2D eigenvalue weighted by Crippen LogP contribution is -2.30. The summed E-state index contributed by atoms with van der Waals surface area (Å²) in [6.07, 6.45) is 3.39. The van der Waals surface area contributed by atoms with Crippen LogP contribution < -0.4 is 19.1 Å². The first kappa shape index (κ1) is 20.8. The second-order valence-electron chi connectivity index (χ2n) is 5.77. The van der Waals surface area contributed by atoms with Crippen molar-refractivity contribution in [3.63, 3.8) is 0 Å². The highest BCUT2D eigenvalue weighted by molar-refractivity contribution is 6.04. The maximum absolute atomic E-state index is 12.8. The smallest absolute Gasteiger partial charge is 0.251 e. The molecule has 0 aliphatic rings. The molecule has 0 spiro atoms. The minimum Gasteiger partial charge on any atom is -0.497 e. The lowest BCUT2D eigenvalue weighted by molar-refractivity contribution is -0.114. The van der Waals surface area contributed by atoms with E-state index in [2.05, 4.69) is 6.07 Å². The monoisotopic (exact) mass is 380 g/mol. The van der Waals surface area contributed by atoms with Crippen molar-refractivity contribution in [1.29, 1.82) is 5.26 Å². The van der Waals surface area contributed by atoms with Crippen molar-refractivity contribution in [2.45, 2.75) is 13.3 Å². The first-order valence-electron chi connectivity index (χ1n) is 8.94. The fourth-order valence-electron chi connectivity index (χ4n) is 2.62. The van der Waals surface area contributed by atoms with Gasteiger partial charge in [-0.1, -0.05) is 0 Å². The van der Waals surface area contributed by atoms with Crippen molar-refractivity contribution in [2.24, 2.45) is 0 Å². The van der Waals surface area contributed by atoms with Gasteiger partial charge in [0.25, 0.3) is 5.91 Å². The second-order valence-corrected chi connectivity index (χ2v) is 5.77. The number of anilines is 1. The SMILES string of the molecule is CCOc1ccc(N(CCC#N)C(=O)/C=C/c2ccc(OC)cc2OC)cc1. The summed E-state index contributed by atoms with van der Waals surface area (Å²) in [7, 11) is 3.14. The Balaban J connectivity index is 2.23. The Morgan fingerprint density at radius 3 is 2.43 bits per heavy atom. The molecular formula is C22H24N2O4. The number of methoxy groups -OCH3 is 2. The molecule has 6 heteroatoms. The zero-order valence-electron chi connectivity index (χ0n) is 16.3. The minimum atomic E-state index is -0.225. The Kier molecular flexibility index (Phi) is 7.92. The molecule has 0 saturated carbocycles. The number of rotatable bonds is 9. The van der Waals surface area contributed by atoms with E-state index in [-0.39, 0.29) is 12.3 Å². The van der Waals surface area contributed by atoms with Gasteiger partial charge in [-0.05, 0) is 49.4 Å². The van der Waals surface area contributed by atoms with Gasteiger partial charge in [0.05, 0.1) is 33.3 Å². The van der Waals surface area contributed by atoms with Crippen molar-refractivity contribution in [1.82, 2.24) is 0 Å². The fourth-order valence-corrected chi connectivity index (χ4v) is 2.62. The van der Waals surface area contributed by atoms with Crippen LogP contribution in [0.2, 0.25) is 0 Å². The largest absolute Gasteiger partial charge is 0.497 e. The van der Waals surface area contributed by atoms with Gasteiger partial charge < -0.3 is 19.1 Å². The Bertz CT molecular complexity index is 854. The summed E-state index contributed by atoms with van der Waals surface area (Å²) in [5.41, 5.74) is 1.46. The van der Waals surface area contributed by atoms with Crippen LogP contribution in [-0.4, -0.2) is 33.3 Å². The molecule has 0 aliphatic heterocycles. The molecule has 1 amide bonds. The van der Waals surface area contributed by atoms with Crippen LogP contribution in [0.15, 0.2) is 48.5 Å². The number of benzene rings is 2. The molecule has 2 aromatic carbocycles. The summed E-state index contributed by atoms with van der Waals surface area (Å²) in [6, 6.07) is 14.7. The topological polar surface area (TPSA) is 71.8 Å². The van der Waals surface area contributed by atoms with Crippen molar-refractivity contribution in [2.75, 3.05) is 32.3 Å². The number of ether oxygens (including phenoxy) is 3. The Morgan fingerprint density at radius 2 is 1.82 bits per heavy atom. The normalized spacial score (nSPS) is 10.4. The van der Waals surface area contributed by atoms with Crippen LogP contribution in [0.1, 0.15) is 18.9 Å². The highest BCUT2D eigenvalue weighted by atomic mass is 16.5. The third kappa shape index (κ3) is 5.52. The molecule has 28 heavy (non-hydrogen) atoms. The van der Waals surface area contributed by atoms with Crippen molar-refractivity contribution in [3.8, 4) is 23.3 Å². The Labute approximate surface area is 165 Å². The van der Waals surface area contributed by atoms with Gasteiger partial charge in [-0.25, -0.2) is 0 Å². The Hall–Kier alpha value is -3.46. The second kappa shape index (κ2) is 10.6. The van der Waals surface area contributed by atoms with Gasteiger partial charge in [0.1, 0.15) is 17.2 Å². The number of carbonyl (C=O) groups excluding carboxylic acids is 1. The number of hydrogen-bond donors (Lipinski definition) is 0. The molecule has 0 unspecified atom stereocenters. The van der Waals surface area contributed by atoms with Crippen molar-refractivity contribution < 1.29 is 19.0 Å². The van der Waals surface area contributed by atoms with Crippen molar-refractivity contribution >= 4 is 17.7 Å². The molecular weight excluding hydrogens is 356 g/mol. The molecule has 146 valence electrons. The number of amides is 1. The van der Waals surface area contributed by atoms with E-state index in [4.69, 9.17) is 19.5 Å². The molecule has 0 N–H and O–H groups in total. The van der Waals surface area contributed by atoms with E-state index in [1.54, 1.807) is 37.3 Å². The van der Waals surface area contributed by atoms with E-state index < -0.39 is 0 Å². The molecule has 2 aromatic rings. The molecule has 0 radical (unpaired) electrons. The van der Waals surface area contributed by atoms with E-state index in [0.29, 0.717) is 30.3 Å². The van der Waals surface area contributed by atoms with E-state index in [1.807, 2.05) is 37.3 Å². The van der Waals surface area contributed by atoms with Gasteiger partial charge in [-0.3, -0.25) is 4.79 Å². The number of carbonyl (C=O) groups is 1. The van der Waals surface area contributed by atoms with E-state index in [1.165, 1.54) is 6.08 Å². The van der Waals surface area contributed by atoms with Crippen LogP contribution >= 0.6 is 0 Å². The lowest BCUT2D eigenvalue weighted by Gasteiger charge is -2.20. The summed E-state index contributed by atoms with van der Waals surface area (Å²) in [6.45, 7) is 2.78. The van der Waals surface area contributed by atoms with Gasteiger partial charge in [0.15, 0.2) is 0 Å². The van der Waals surface area contributed by atoms with Gasteiger partial charge in [-0.15, -0.1) is 0 Å². The molecule has 0 bridgehead atoms. The predicted octanol–water partition coefficient (Wildman–Crippen LogP) is 4.06. The highest BCUT2D eigenvalue weighted by Crippen LogP contribution is 2.26. The zero-order chi connectivity index (χ0) is 20.4. The quantitative estimate of drug-likeness (QED) is 0.614. The van der Waals surface area contributed by atoms with Gasteiger partial charge >= 0.3 is 0 Å². The van der Waals surface area contributed by atoms with Gasteiger partial charge in [0.2, 0.25) is 0 Å². The zero-order valence-corrected chi connectivity index (χ0v) is 16.3. The molecule has 0 atom stereocenters. The average molecular weight is 380 g/mol. The summed E-state index contributed by atoms with van der Waals surface area (Å²) in [5.74, 6) is 1.79. The third-order valence-electron chi connectivity index (χ3n) is 4.02. The van der Waals surface area contributed by atoms with Crippen LogP contribution in [0.25, 0.3) is 6.08 Å². The fraction of sp³-hybridized carbons (Fsp3) is 0.273. The number of nitriles is 1. The summed E-state index contributed by atoms with van der Waals surface area (Å²) < 4.78 is 16.0. The van der Waals surface area contributed by atoms with Crippen LogP contribution in [0, 0.1) is 11.3 Å².